The first-order chi connectivity index (χ1) is 7.86. The van der Waals surface area contributed by atoms with E-state index >= 15 is 0 Å². The Labute approximate surface area is 95.3 Å². The number of ether oxygens (including phenoxy) is 2. The van der Waals surface area contributed by atoms with Crippen LogP contribution >= 0.6 is 0 Å². The molecule has 16 heavy (non-hydrogen) atoms. The second-order valence-electron chi connectivity index (χ2n) is 3.31. The summed E-state index contributed by atoms with van der Waals surface area (Å²) in [5, 5.41) is 11.0. The number of aromatic nitrogens is 2. The lowest BCUT2D eigenvalue weighted by Crippen LogP contribution is -2.13. The van der Waals surface area contributed by atoms with Gasteiger partial charge in [-0.15, -0.1) is 10.2 Å². The van der Waals surface area contributed by atoms with Crippen LogP contribution in [-0.4, -0.2) is 37.1 Å². The molecule has 0 saturated carbocycles. The molecule has 0 fully saturated rings. The van der Waals surface area contributed by atoms with E-state index in [9.17, 15) is 0 Å². The zero-order chi connectivity index (χ0) is 11.6. The van der Waals surface area contributed by atoms with Gasteiger partial charge in [-0.2, -0.15) is 0 Å². The van der Waals surface area contributed by atoms with E-state index in [1.54, 1.807) is 7.11 Å². The Balaban J connectivity index is 2.17. The predicted octanol–water partition coefficient (Wildman–Crippen LogP) is 0.732. The van der Waals surface area contributed by atoms with Gasteiger partial charge in [-0.25, -0.2) is 0 Å². The van der Waals surface area contributed by atoms with Gasteiger partial charge in [0.25, 0.3) is 0 Å². The van der Waals surface area contributed by atoms with Crippen molar-refractivity contribution in [1.29, 1.82) is 0 Å². The zero-order valence-corrected chi connectivity index (χ0v) is 9.86. The second kappa shape index (κ2) is 8.20. The Morgan fingerprint density at radius 3 is 2.81 bits per heavy atom. The van der Waals surface area contributed by atoms with E-state index in [1.807, 2.05) is 0 Å². The quantitative estimate of drug-likeness (QED) is 0.630. The molecule has 0 aromatic carbocycles. The summed E-state index contributed by atoms with van der Waals surface area (Å²) in [7, 11) is 1.63. The molecule has 0 bridgehead atoms. The molecule has 1 aromatic rings. The minimum atomic E-state index is 0.337. The molecule has 6 nitrogen and oxygen atoms in total. The number of nitrogens with one attached hydrogen (secondary N) is 1. The van der Waals surface area contributed by atoms with E-state index in [0.29, 0.717) is 38.1 Å². The molecule has 6 heteroatoms. The Morgan fingerprint density at radius 1 is 1.25 bits per heavy atom. The topological polar surface area (TPSA) is 69.4 Å². The molecule has 1 rings (SSSR count). The molecule has 0 radical (unpaired) electrons. The fraction of sp³-hybridized carbons (Fsp3) is 0.800. The highest BCUT2D eigenvalue weighted by Crippen LogP contribution is 2.01. The van der Waals surface area contributed by atoms with Crippen molar-refractivity contribution in [2.24, 2.45) is 0 Å². The smallest absolute Gasteiger partial charge is 0.242 e. The summed E-state index contributed by atoms with van der Waals surface area (Å²) < 4.78 is 15.5. The van der Waals surface area contributed by atoms with E-state index in [0.717, 1.165) is 13.0 Å². The van der Waals surface area contributed by atoms with Gasteiger partial charge in [-0.1, -0.05) is 6.92 Å². The fourth-order valence-electron chi connectivity index (χ4n) is 1.09. The summed E-state index contributed by atoms with van der Waals surface area (Å²) in [6, 6.07) is 0. The normalized spacial score (nSPS) is 10.9. The molecule has 0 aliphatic rings. The summed E-state index contributed by atoms with van der Waals surface area (Å²) in [4.78, 5) is 0. The van der Waals surface area contributed by atoms with Crippen molar-refractivity contribution in [3.8, 4) is 0 Å². The third-order valence-corrected chi connectivity index (χ3v) is 1.87. The van der Waals surface area contributed by atoms with Crippen molar-refractivity contribution in [2.75, 3.05) is 26.9 Å². The molecular formula is C10H19N3O3. The monoisotopic (exact) mass is 229 g/mol. The van der Waals surface area contributed by atoms with E-state index in [-0.39, 0.29) is 0 Å². The first-order valence-corrected chi connectivity index (χ1v) is 5.45. The number of hydrogen-bond donors (Lipinski definition) is 1. The lowest BCUT2D eigenvalue weighted by molar-refractivity contribution is 0.0513. The molecular weight excluding hydrogens is 210 g/mol. The Hall–Kier alpha value is -0.980. The van der Waals surface area contributed by atoms with Crippen LogP contribution in [0.5, 0.6) is 0 Å². The highest BCUT2D eigenvalue weighted by Gasteiger charge is 2.04. The molecule has 0 aliphatic heterocycles. The minimum absolute atomic E-state index is 0.337. The van der Waals surface area contributed by atoms with Gasteiger partial charge in [0.2, 0.25) is 11.8 Å². The molecule has 1 aromatic heterocycles. The van der Waals surface area contributed by atoms with Crippen LogP contribution in [-0.2, 0) is 22.6 Å². The first-order valence-electron chi connectivity index (χ1n) is 5.45. The van der Waals surface area contributed by atoms with Gasteiger partial charge < -0.3 is 19.2 Å². The number of nitrogens with zero attached hydrogens (tertiary/aromatic N) is 2. The molecule has 0 atom stereocenters. The van der Waals surface area contributed by atoms with Crippen LogP contribution in [0.25, 0.3) is 0 Å². The molecule has 0 saturated heterocycles. The average molecular weight is 229 g/mol. The van der Waals surface area contributed by atoms with Crippen molar-refractivity contribution in [3.63, 3.8) is 0 Å². The van der Waals surface area contributed by atoms with E-state index in [2.05, 4.69) is 22.4 Å². The Kier molecular flexibility index (Phi) is 6.71. The van der Waals surface area contributed by atoms with E-state index < -0.39 is 0 Å². The highest BCUT2D eigenvalue weighted by atomic mass is 16.5. The average Bonchev–Trinajstić information content (AvgIpc) is 2.73. The summed E-state index contributed by atoms with van der Waals surface area (Å²) in [5.74, 6) is 1.10. The summed E-state index contributed by atoms with van der Waals surface area (Å²) in [6.07, 6.45) is 1.08. The Bertz CT molecular complexity index is 278. The molecule has 0 amide bonds. The maximum absolute atomic E-state index is 5.36. The van der Waals surface area contributed by atoms with Gasteiger partial charge in [-0.3, -0.25) is 0 Å². The van der Waals surface area contributed by atoms with Crippen LogP contribution in [0.15, 0.2) is 4.42 Å². The summed E-state index contributed by atoms with van der Waals surface area (Å²) in [5.41, 5.74) is 0. The van der Waals surface area contributed by atoms with Crippen molar-refractivity contribution in [1.82, 2.24) is 15.5 Å². The largest absolute Gasteiger partial charge is 0.421 e. The lowest BCUT2D eigenvalue weighted by atomic mass is 10.5. The molecule has 0 aliphatic carbocycles. The van der Waals surface area contributed by atoms with Gasteiger partial charge in [0, 0.05) is 7.11 Å². The Morgan fingerprint density at radius 2 is 2.06 bits per heavy atom. The van der Waals surface area contributed by atoms with Crippen molar-refractivity contribution in [3.05, 3.63) is 11.8 Å². The van der Waals surface area contributed by atoms with Gasteiger partial charge in [0.1, 0.15) is 6.61 Å². The number of hydrogen-bond acceptors (Lipinski definition) is 6. The van der Waals surface area contributed by atoms with Crippen LogP contribution in [0.4, 0.5) is 0 Å². The lowest BCUT2D eigenvalue weighted by Gasteiger charge is -1.99. The highest BCUT2D eigenvalue weighted by molar-refractivity contribution is 4.79. The summed E-state index contributed by atoms with van der Waals surface area (Å²) >= 11 is 0. The predicted molar refractivity (Wildman–Crippen MR) is 57.8 cm³/mol. The fourth-order valence-corrected chi connectivity index (χ4v) is 1.09. The SMILES string of the molecule is CCCNCc1nnc(COCCOC)o1. The van der Waals surface area contributed by atoms with Crippen molar-refractivity contribution in [2.45, 2.75) is 26.5 Å². The molecule has 0 unspecified atom stereocenters. The van der Waals surface area contributed by atoms with Crippen LogP contribution in [0.2, 0.25) is 0 Å². The third kappa shape index (κ3) is 5.20. The van der Waals surface area contributed by atoms with Gasteiger partial charge in [0.15, 0.2) is 0 Å². The van der Waals surface area contributed by atoms with Crippen LogP contribution in [0.1, 0.15) is 25.1 Å². The van der Waals surface area contributed by atoms with Crippen LogP contribution in [0.3, 0.4) is 0 Å². The maximum atomic E-state index is 5.36. The summed E-state index contributed by atoms with van der Waals surface area (Å²) in [6.45, 7) is 5.10. The third-order valence-electron chi connectivity index (χ3n) is 1.87. The van der Waals surface area contributed by atoms with E-state index in [4.69, 9.17) is 13.9 Å². The van der Waals surface area contributed by atoms with Gasteiger partial charge in [-0.05, 0) is 13.0 Å². The van der Waals surface area contributed by atoms with E-state index in [1.165, 1.54) is 0 Å². The molecule has 1 N–H and O–H groups in total. The zero-order valence-electron chi connectivity index (χ0n) is 9.86. The molecule has 92 valence electrons. The van der Waals surface area contributed by atoms with Crippen LogP contribution < -0.4 is 5.32 Å². The first kappa shape index (κ1) is 13.1. The standard InChI is InChI=1S/C10H19N3O3/c1-3-4-11-7-9-12-13-10(16-9)8-15-6-5-14-2/h11H,3-8H2,1-2H3. The van der Waals surface area contributed by atoms with Crippen molar-refractivity contribution >= 4 is 0 Å². The van der Waals surface area contributed by atoms with Crippen LogP contribution in [0, 0.1) is 0 Å². The molecule has 1 heterocycles. The van der Waals surface area contributed by atoms with Crippen molar-refractivity contribution < 1.29 is 13.9 Å². The van der Waals surface area contributed by atoms with Gasteiger partial charge in [0.05, 0.1) is 19.8 Å². The molecule has 0 spiro atoms. The second-order valence-corrected chi connectivity index (χ2v) is 3.31. The number of rotatable bonds is 9. The maximum Gasteiger partial charge on any atom is 0.242 e. The number of methoxy groups -OCH3 is 1. The minimum Gasteiger partial charge on any atom is -0.421 e. The van der Waals surface area contributed by atoms with Gasteiger partial charge >= 0.3 is 0 Å².